The minimum atomic E-state index is -0.589. The minimum Gasteiger partial charge on any atom is -0.444 e. The van der Waals surface area contributed by atoms with Crippen LogP contribution in [-0.4, -0.2) is 24.3 Å². The van der Waals surface area contributed by atoms with Gasteiger partial charge in [0.1, 0.15) is 17.2 Å². The Balaban J connectivity index is 1.82. The zero-order valence-electron chi connectivity index (χ0n) is 13.8. The lowest BCUT2D eigenvalue weighted by Crippen LogP contribution is -2.45. The highest BCUT2D eigenvalue weighted by Crippen LogP contribution is 2.32. The molecule has 1 atom stereocenters. The number of hydrogen-bond acceptors (Lipinski definition) is 3. The number of hydrogen-bond donors (Lipinski definition) is 2. The molecule has 0 radical (unpaired) electrons. The Hall–Kier alpha value is -1.69. The molecule has 0 spiro atoms. The van der Waals surface area contributed by atoms with Crippen LogP contribution in [0, 0.1) is 17.6 Å². The highest BCUT2D eigenvalue weighted by molar-refractivity contribution is 5.68. The van der Waals surface area contributed by atoms with E-state index < -0.39 is 23.3 Å². The first-order valence-electron chi connectivity index (χ1n) is 7.89. The number of halogens is 2. The molecule has 1 fully saturated rings. The summed E-state index contributed by atoms with van der Waals surface area (Å²) in [7, 11) is 0. The molecule has 0 aromatic heterocycles. The minimum absolute atomic E-state index is 0.0478. The zero-order valence-corrected chi connectivity index (χ0v) is 13.8. The summed E-state index contributed by atoms with van der Waals surface area (Å²) in [6.45, 7) is 6.24. The maximum Gasteiger partial charge on any atom is 0.407 e. The summed E-state index contributed by atoms with van der Waals surface area (Å²) in [5.41, 5.74) is -0.138. The summed E-state index contributed by atoms with van der Waals surface area (Å²) in [5, 5.41) is 5.99. The molecule has 2 rings (SSSR count). The summed E-state index contributed by atoms with van der Waals surface area (Å²) < 4.78 is 31.7. The van der Waals surface area contributed by atoms with Gasteiger partial charge in [-0.15, -0.1) is 0 Å². The van der Waals surface area contributed by atoms with E-state index in [4.69, 9.17) is 4.74 Å². The van der Waals surface area contributed by atoms with Crippen LogP contribution in [0.1, 0.15) is 39.2 Å². The molecular formula is C17H24F2N2O2. The lowest BCUT2D eigenvalue weighted by molar-refractivity contribution is 0.0497. The second-order valence-corrected chi connectivity index (χ2v) is 6.96. The molecular weight excluding hydrogens is 302 g/mol. The summed E-state index contributed by atoms with van der Waals surface area (Å²) in [5.74, 6) is -0.734. The van der Waals surface area contributed by atoms with Crippen LogP contribution in [0.3, 0.4) is 0 Å². The first kappa shape index (κ1) is 17.7. The molecule has 128 valence electrons. The molecule has 0 heterocycles. The van der Waals surface area contributed by atoms with Gasteiger partial charge in [0, 0.05) is 30.8 Å². The van der Waals surface area contributed by atoms with Gasteiger partial charge in [-0.05, 0) is 45.6 Å². The normalized spacial score (nSPS) is 16.0. The number of amides is 1. The van der Waals surface area contributed by atoms with E-state index in [1.807, 2.05) is 20.8 Å². The molecule has 1 aliphatic rings. The van der Waals surface area contributed by atoms with E-state index in [1.165, 1.54) is 12.1 Å². The van der Waals surface area contributed by atoms with Crippen molar-refractivity contribution >= 4 is 6.09 Å². The van der Waals surface area contributed by atoms with Crippen LogP contribution in [0.15, 0.2) is 18.2 Å². The third kappa shape index (κ3) is 6.14. The zero-order chi connectivity index (χ0) is 17.0. The Morgan fingerprint density at radius 2 is 2.04 bits per heavy atom. The summed E-state index contributed by atoms with van der Waals surface area (Å²) in [6.07, 6.45) is 1.68. The molecule has 1 aliphatic carbocycles. The smallest absolute Gasteiger partial charge is 0.407 e. The summed E-state index contributed by atoms with van der Waals surface area (Å²) in [4.78, 5) is 11.9. The van der Waals surface area contributed by atoms with E-state index in [0.717, 1.165) is 18.9 Å². The van der Waals surface area contributed by atoms with Crippen molar-refractivity contribution in [2.45, 2.75) is 51.8 Å². The summed E-state index contributed by atoms with van der Waals surface area (Å²) in [6, 6.07) is 3.48. The van der Waals surface area contributed by atoms with Crippen molar-refractivity contribution in [1.29, 1.82) is 0 Å². The van der Waals surface area contributed by atoms with Crippen LogP contribution in [0.25, 0.3) is 0 Å². The number of carbonyl (C=O) groups excluding carboxylic acids is 1. The highest BCUT2D eigenvalue weighted by atomic mass is 19.1. The van der Waals surface area contributed by atoms with Gasteiger partial charge < -0.3 is 15.4 Å². The van der Waals surface area contributed by atoms with Crippen molar-refractivity contribution < 1.29 is 18.3 Å². The van der Waals surface area contributed by atoms with Gasteiger partial charge in [0.15, 0.2) is 0 Å². The largest absolute Gasteiger partial charge is 0.444 e. The van der Waals surface area contributed by atoms with Crippen molar-refractivity contribution in [3.63, 3.8) is 0 Å². The van der Waals surface area contributed by atoms with Crippen molar-refractivity contribution in [2.75, 3.05) is 6.54 Å². The van der Waals surface area contributed by atoms with Crippen LogP contribution < -0.4 is 10.6 Å². The molecule has 1 unspecified atom stereocenters. The maximum atomic E-state index is 13.6. The Labute approximate surface area is 135 Å². The molecule has 0 aliphatic heterocycles. The monoisotopic (exact) mass is 326 g/mol. The molecule has 1 aromatic rings. The Kier molecular flexibility index (Phi) is 5.57. The first-order valence-corrected chi connectivity index (χ1v) is 7.89. The number of alkyl carbamates (subject to hydrolysis) is 1. The van der Waals surface area contributed by atoms with Crippen LogP contribution in [0.2, 0.25) is 0 Å². The molecule has 0 saturated heterocycles. The number of ether oxygens (including phenoxy) is 1. The van der Waals surface area contributed by atoms with Gasteiger partial charge in [-0.2, -0.15) is 0 Å². The van der Waals surface area contributed by atoms with Crippen LogP contribution in [0.4, 0.5) is 13.6 Å². The number of benzene rings is 1. The van der Waals surface area contributed by atoms with E-state index >= 15 is 0 Å². The van der Waals surface area contributed by atoms with Crippen molar-refractivity contribution in [3.05, 3.63) is 35.4 Å². The number of rotatable bonds is 6. The van der Waals surface area contributed by atoms with Gasteiger partial charge in [-0.25, -0.2) is 13.6 Å². The van der Waals surface area contributed by atoms with Crippen LogP contribution >= 0.6 is 0 Å². The SMILES string of the molecule is CC(C)(C)OC(=O)NC(CNCc1ccc(F)cc1F)C1CC1. The lowest BCUT2D eigenvalue weighted by atomic mass is 10.1. The molecule has 2 N–H and O–H groups in total. The Morgan fingerprint density at radius 1 is 1.35 bits per heavy atom. The number of carbonyl (C=O) groups is 1. The van der Waals surface area contributed by atoms with E-state index in [2.05, 4.69) is 10.6 Å². The topological polar surface area (TPSA) is 50.4 Å². The van der Waals surface area contributed by atoms with E-state index in [1.54, 1.807) is 0 Å². The van der Waals surface area contributed by atoms with Crippen LogP contribution in [0.5, 0.6) is 0 Å². The predicted molar refractivity (Wildman–Crippen MR) is 83.9 cm³/mol. The first-order chi connectivity index (χ1) is 10.7. The maximum absolute atomic E-state index is 13.6. The molecule has 1 saturated carbocycles. The number of nitrogens with one attached hydrogen (secondary N) is 2. The molecule has 4 nitrogen and oxygen atoms in total. The third-order valence-electron chi connectivity index (χ3n) is 3.59. The molecule has 0 bridgehead atoms. The van der Waals surface area contributed by atoms with Crippen molar-refractivity contribution in [2.24, 2.45) is 5.92 Å². The highest BCUT2D eigenvalue weighted by Gasteiger charge is 2.33. The Bertz CT molecular complexity index is 554. The predicted octanol–water partition coefficient (Wildman–Crippen LogP) is 3.36. The van der Waals surface area contributed by atoms with E-state index in [-0.39, 0.29) is 12.6 Å². The van der Waals surface area contributed by atoms with E-state index in [9.17, 15) is 13.6 Å². The fraction of sp³-hybridized carbons (Fsp3) is 0.588. The fourth-order valence-corrected chi connectivity index (χ4v) is 2.32. The average molecular weight is 326 g/mol. The van der Waals surface area contributed by atoms with Gasteiger partial charge in [0.25, 0.3) is 0 Å². The fourth-order valence-electron chi connectivity index (χ4n) is 2.32. The molecule has 6 heteroatoms. The van der Waals surface area contributed by atoms with Gasteiger partial charge in [-0.3, -0.25) is 0 Å². The van der Waals surface area contributed by atoms with Crippen molar-refractivity contribution in [1.82, 2.24) is 10.6 Å². The summed E-state index contributed by atoms with van der Waals surface area (Å²) >= 11 is 0. The molecule has 1 aromatic carbocycles. The van der Waals surface area contributed by atoms with Crippen LogP contribution in [-0.2, 0) is 11.3 Å². The van der Waals surface area contributed by atoms with Gasteiger partial charge in [0.2, 0.25) is 0 Å². The van der Waals surface area contributed by atoms with Gasteiger partial charge in [-0.1, -0.05) is 6.07 Å². The second kappa shape index (κ2) is 7.25. The standard InChI is InChI=1S/C17H24F2N2O2/c1-17(2,3)23-16(22)21-15(11-4-5-11)10-20-9-12-6-7-13(18)8-14(12)19/h6-8,11,15,20H,4-5,9-10H2,1-3H3,(H,21,22). The third-order valence-corrected chi connectivity index (χ3v) is 3.59. The van der Waals surface area contributed by atoms with Crippen molar-refractivity contribution in [3.8, 4) is 0 Å². The average Bonchev–Trinajstić information content (AvgIpc) is 3.22. The van der Waals surface area contributed by atoms with E-state index in [0.29, 0.717) is 18.0 Å². The van der Waals surface area contributed by atoms with Gasteiger partial charge in [0.05, 0.1) is 0 Å². The van der Waals surface area contributed by atoms with Gasteiger partial charge >= 0.3 is 6.09 Å². The lowest BCUT2D eigenvalue weighted by Gasteiger charge is -2.24. The molecule has 1 amide bonds. The quantitative estimate of drug-likeness (QED) is 0.843. The molecule has 23 heavy (non-hydrogen) atoms. The Morgan fingerprint density at radius 3 is 2.61 bits per heavy atom. The second-order valence-electron chi connectivity index (χ2n) is 6.96.